The molecule has 0 spiro atoms. The van der Waals surface area contributed by atoms with E-state index in [1.807, 2.05) is 0 Å². The molecule has 1 amide bonds. The number of hydrogen-bond donors (Lipinski definition) is 4. The van der Waals surface area contributed by atoms with Crippen molar-refractivity contribution in [1.29, 1.82) is 0 Å². The minimum absolute atomic E-state index is 0.00277. The third kappa shape index (κ3) is 7.49. The molecule has 6 rings (SSSR count). The van der Waals surface area contributed by atoms with Crippen molar-refractivity contribution in [3.05, 3.63) is 64.3 Å². The maximum absolute atomic E-state index is 15.4. The van der Waals surface area contributed by atoms with Gasteiger partial charge in [0.05, 0.1) is 42.3 Å². The van der Waals surface area contributed by atoms with E-state index in [1.165, 1.54) is 32.1 Å². The molecule has 3 fully saturated rings. The van der Waals surface area contributed by atoms with Gasteiger partial charge in [-0.3, -0.25) is 14.4 Å². The average molecular weight is 824 g/mol. The maximum atomic E-state index is 15.4. The van der Waals surface area contributed by atoms with E-state index >= 15 is 4.79 Å². The molecule has 3 aliphatic carbocycles. The molecule has 0 aromatic heterocycles. The van der Waals surface area contributed by atoms with Gasteiger partial charge in [0.1, 0.15) is 23.9 Å². The third-order valence-corrected chi connectivity index (χ3v) is 12.8. The van der Waals surface area contributed by atoms with Crippen LogP contribution in [0.15, 0.2) is 53.1 Å². The Morgan fingerprint density at radius 3 is 2.34 bits per heavy atom. The molecule has 59 heavy (non-hydrogen) atoms. The van der Waals surface area contributed by atoms with Crippen molar-refractivity contribution >= 4 is 41.8 Å². The molecule has 2 aliphatic heterocycles. The summed E-state index contributed by atoms with van der Waals surface area (Å²) < 4.78 is 35.5. The summed E-state index contributed by atoms with van der Waals surface area (Å²) in [6.07, 6.45) is -6.31. The van der Waals surface area contributed by atoms with E-state index in [-0.39, 0.29) is 42.8 Å². The summed E-state index contributed by atoms with van der Waals surface area (Å²) in [7, 11) is 0. The van der Waals surface area contributed by atoms with Gasteiger partial charge in [0.15, 0.2) is 23.6 Å². The summed E-state index contributed by atoms with van der Waals surface area (Å²) in [4.78, 5) is 82.7. The van der Waals surface area contributed by atoms with E-state index in [1.54, 1.807) is 52.0 Å². The van der Waals surface area contributed by atoms with Crippen LogP contribution in [0.3, 0.4) is 0 Å². The molecule has 5 aliphatic rings. The molecule has 1 aromatic rings. The number of nitrogens with one attached hydrogen (secondary N) is 1. The molecule has 11 atom stereocenters. The van der Waals surface area contributed by atoms with E-state index in [0.29, 0.717) is 11.1 Å². The van der Waals surface area contributed by atoms with Crippen LogP contribution in [0.2, 0.25) is 0 Å². The number of alkyl carbamates (subject to hydrolysis) is 1. The van der Waals surface area contributed by atoms with Crippen LogP contribution >= 0.6 is 0 Å². The Morgan fingerprint density at radius 2 is 1.71 bits per heavy atom. The number of aliphatic hydroxyl groups excluding tert-OH is 2. The minimum atomic E-state index is -2.39. The fraction of sp³-hybridized carbons (Fsp3) is 0.581. The Balaban J connectivity index is 1.64. The smallest absolute Gasteiger partial charge is 0.407 e. The van der Waals surface area contributed by atoms with E-state index < -0.39 is 113 Å². The monoisotopic (exact) mass is 823 g/mol. The predicted octanol–water partition coefficient (Wildman–Crippen LogP) is 3.04. The molecule has 1 unspecified atom stereocenters. The molecular weight excluding hydrogens is 770 g/mol. The normalized spacial score (nSPS) is 37.5. The summed E-state index contributed by atoms with van der Waals surface area (Å²) in [5, 5.41) is 39.6. The number of cyclic esters (lactones) is 1. The van der Waals surface area contributed by atoms with Gasteiger partial charge in [-0.05, 0) is 63.0 Å². The number of amides is 1. The van der Waals surface area contributed by atoms with E-state index in [0.717, 1.165) is 13.8 Å². The van der Waals surface area contributed by atoms with Crippen LogP contribution in [0.5, 0.6) is 0 Å². The van der Waals surface area contributed by atoms with E-state index in [9.17, 15) is 39.3 Å². The number of rotatable bonds is 3. The molecule has 16 nitrogen and oxygen atoms in total. The van der Waals surface area contributed by atoms with Crippen molar-refractivity contribution in [3.8, 4) is 0 Å². The van der Waals surface area contributed by atoms with Crippen molar-refractivity contribution < 1.29 is 72.5 Å². The molecule has 4 N–H and O–H groups in total. The summed E-state index contributed by atoms with van der Waals surface area (Å²) in [5.74, 6) is -6.28. The lowest BCUT2D eigenvalue weighted by Gasteiger charge is -2.67. The van der Waals surface area contributed by atoms with Crippen LogP contribution in [0.1, 0.15) is 90.6 Å². The fourth-order valence-electron chi connectivity index (χ4n) is 9.76. The summed E-state index contributed by atoms with van der Waals surface area (Å²) in [6, 6.07) is 5.01. The number of aliphatic hydroxyl groups is 3. The SMILES string of the molecule is CC(=O)O[C@H]1C(=O)[C@@]2(C)[C@H]([C@@H]3OC(=O)c4cccc(c4)/C=C/CCOC(=O)NC(C=C(C)C)[C@@H](O)C(=O)O[C@H]4C[C@]3(O)C(C)(C)C1=C4C)[C@]1(OC(C)=O)CO[C@@H]1C[C@@H]2O. The second kappa shape index (κ2) is 15.9. The first-order chi connectivity index (χ1) is 27.6. The van der Waals surface area contributed by atoms with Gasteiger partial charge >= 0.3 is 30.0 Å². The Kier molecular flexibility index (Phi) is 11.8. The standard InChI is InChI=1S/C43H53NO15/c1-21(2)16-27-32(48)38(51)57-28-19-43(53)36(58-37(50)26-14-11-13-25(17-26)12-9-10-15-54-39(52)44-27)34-41(8,29(47)18-30-42(34,20-55-30)59-24(5)46)35(49)33(56-23(4)45)31(22(28)3)40(43,6)7/h9,11-14,16-17,27-30,32-34,36,47-48,53H,10,15,18-20H2,1-8H3,(H,44,52)/b12-9+/t27?,28-,29-,30+,32+,33+,34-,36-,41+,42-,43+/m0/s1. The van der Waals surface area contributed by atoms with Gasteiger partial charge in [-0.1, -0.05) is 49.8 Å². The minimum Gasteiger partial charge on any atom is -0.456 e. The maximum Gasteiger partial charge on any atom is 0.407 e. The van der Waals surface area contributed by atoms with Crippen LogP contribution in [-0.4, -0.2) is 118 Å². The Hall–Kier alpha value is -4.90. The van der Waals surface area contributed by atoms with Gasteiger partial charge in [-0.25, -0.2) is 14.4 Å². The lowest BCUT2D eigenvalue weighted by atomic mass is 9.44. The van der Waals surface area contributed by atoms with E-state index in [2.05, 4.69) is 5.32 Å². The molecule has 0 radical (unpaired) electrons. The number of esters is 4. The highest BCUT2D eigenvalue weighted by Gasteiger charge is 2.78. The highest BCUT2D eigenvalue weighted by atomic mass is 16.6. The highest BCUT2D eigenvalue weighted by Crippen LogP contribution is 2.64. The number of fused-ring (bicyclic) bond motifs is 8. The Morgan fingerprint density at radius 1 is 1.00 bits per heavy atom. The van der Waals surface area contributed by atoms with Gasteiger partial charge in [-0.15, -0.1) is 0 Å². The summed E-state index contributed by atoms with van der Waals surface area (Å²) in [6.45, 7) is 11.3. The van der Waals surface area contributed by atoms with Crippen LogP contribution in [0, 0.1) is 16.7 Å². The number of ketones is 1. The molecule has 5 bridgehead atoms. The highest BCUT2D eigenvalue weighted by molar-refractivity contribution is 5.95. The largest absolute Gasteiger partial charge is 0.456 e. The number of carbonyl (C=O) groups excluding carboxylic acids is 6. The predicted molar refractivity (Wildman–Crippen MR) is 206 cm³/mol. The first-order valence-corrected chi connectivity index (χ1v) is 19.7. The number of benzene rings is 1. The van der Waals surface area contributed by atoms with E-state index in [4.69, 9.17) is 28.4 Å². The van der Waals surface area contributed by atoms with Gasteiger partial charge < -0.3 is 49.1 Å². The molecule has 2 saturated carbocycles. The zero-order chi connectivity index (χ0) is 43.4. The van der Waals surface area contributed by atoms with Gasteiger partial charge in [0.2, 0.25) is 0 Å². The second-order valence-corrected chi connectivity index (χ2v) is 17.1. The van der Waals surface area contributed by atoms with Crippen LogP contribution in [-0.2, 0) is 47.6 Å². The van der Waals surface area contributed by atoms with Crippen molar-refractivity contribution in [2.45, 2.75) is 129 Å². The zero-order valence-corrected chi connectivity index (χ0v) is 34.4. The van der Waals surface area contributed by atoms with Crippen LogP contribution in [0.25, 0.3) is 6.08 Å². The number of hydrogen-bond acceptors (Lipinski definition) is 15. The Labute approximate surface area is 341 Å². The third-order valence-electron chi connectivity index (χ3n) is 12.8. The van der Waals surface area contributed by atoms with Crippen molar-refractivity contribution in [3.63, 3.8) is 0 Å². The lowest BCUT2D eigenvalue weighted by Crippen LogP contribution is -2.82. The van der Waals surface area contributed by atoms with Gasteiger partial charge in [0.25, 0.3) is 0 Å². The Bertz CT molecular complexity index is 2020. The van der Waals surface area contributed by atoms with Crippen LogP contribution < -0.4 is 5.32 Å². The number of ether oxygens (including phenoxy) is 6. The fourth-order valence-corrected chi connectivity index (χ4v) is 9.76. The molecule has 1 saturated heterocycles. The van der Waals surface area contributed by atoms with Gasteiger partial charge in [0, 0.05) is 32.1 Å². The molecule has 2 heterocycles. The topological polar surface area (TPSA) is 231 Å². The molecular formula is C43H53NO15. The molecule has 320 valence electrons. The van der Waals surface area contributed by atoms with Gasteiger partial charge in [-0.2, -0.15) is 0 Å². The molecule has 16 heteroatoms. The quantitative estimate of drug-likeness (QED) is 0.195. The van der Waals surface area contributed by atoms with Crippen molar-refractivity contribution in [2.24, 2.45) is 16.7 Å². The van der Waals surface area contributed by atoms with Crippen molar-refractivity contribution in [1.82, 2.24) is 5.32 Å². The van der Waals surface area contributed by atoms with Crippen molar-refractivity contribution in [2.75, 3.05) is 13.2 Å². The summed E-state index contributed by atoms with van der Waals surface area (Å²) >= 11 is 0. The number of allylic oxidation sites excluding steroid dienone is 1. The number of carbonyl (C=O) groups is 6. The lowest BCUT2D eigenvalue weighted by molar-refractivity contribution is -0.346. The first-order valence-electron chi connectivity index (χ1n) is 19.7. The molecule has 1 aromatic carbocycles. The second-order valence-electron chi connectivity index (χ2n) is 17.1. The van der Waals surface area contributed by atoms with Crippen LogP contribution in [0.4, 0.5) is 4.79 Å². The number of Topliss-reactive ketones (excluding diaryl/α,β-unsaturated/α-hetero) is 1. The average Bonchev–Trinajstić information content (AvgIpc) is 3.14. The zero-order valence-electron chi connectivity index (χ0n) is 34.4. The summed E-state index contributed by atoms with van der Waals surface area (Å²) in [5.41, 5.74) is -6.48. The first kappa shape index (κ1) is 43.7.